The molecule has 1 aromatic carbocycles. The topological polar surface area (TPSA) is 55.4 Å². The lowest BCUT2D eigenvalue weighted by atomic mass is 9.98. The van der Waals surface area contributed by atoms with Gasteiger partial charge in [0.2, 0.25) is 0 Å². The summed E-state index contributed by atoms with van der Waals surface area (Å²) in [4.78, 5) is 23.9. The van der Waals surface area contributed by atoms with E-state index in [9.17, 15) is 9.59 Å². The van der Waals surface area contributed by atoms with Crippen LogP contribution in [0.5, 0.6) is 5.75 Å². The Bertz CT molecular complexity index is 478. The van der Waals surface area contributed by atoms with Gasteiger partial charge in [-0.2, -0.15) is 0 Å². The Kier molecular flexibility index (Phi) is 5.10. The second-order valence-electron chi connectivity index (χ2n) is 5.07. The maximum atomic E-state index is 12.1. The lowest BCUT2D eigenvalue weighted by Gasteiger charge is -2.13. The summed E-state index contributed by atoms with van der Waals surface area (Å²) in [5.74, 6) is -0.457. The summed E-state index contributed by atoms with van der Waals surface area (Å²) in [5.41, 5.74) is 1.31. The Balaban J connectivity index is 3.12. The van der Waals surface area contributed by atoms with E-state index in [1.807, 2.05) is 33.8 Å². The van der Waals surface area contributed by atoms with Crippen molar-refractivity contribution in [1.29, 1.82) is 0 Å². The van der Waals surface area contributed by atoms with E-state index in [-0.39, 0.29) is 12.0 Å². The Morgan fingerprint density at radius 1 is 1.16 bits per heavy atom. The van der Waals surface area contributed by atoms with E-state index in [1.54, 1.807) is 12.1 Å². The maximum Gasteiger partial charge on any atom is 0.292 e. The fourth-order valence-electron chi connectivity index (χ4n) is 1.71. The van der Waals surface area contributed by atoms with Crippen LogP contribution in [0.25, 0.3) is 0 Å². The van der Waals surface area contributed by atoms with Crippen LogP contribution in [0.3, 0.4) is 0 Å². The second kappa shape index (κ2) is 6.36. The molecule has 4 nitrogen and oxygen atoms in total. The van der Waals surface area contributed by atoms with Gasteiger partial charge in [0.1, 0.15) is 5.75 Å². The van der Waals surface area contributed by atoms with Crippen LogP contribution in [0.15, 0.2) is 18.2 Å². The average Bonchev–Trinajstić information content (AvgIpc) is 2.36. The van der Waals surface area contributed by atoms with Crippen molar-refractivity contribution in [2.24, 2.45) is 0 Å². The van der Waals surface area contributed by atoms with Crippen LogP contribution < -0.4 is 10.1 Å². The van der Waals surface area contributed by atoms with Gasteiger partial charge in [0.15, 0.2) is 0 Å². The van der Waals surface area contributed by atoms with E-state index in [0.29, 0.717) is 11.3 Å². The van der Waals surface area contributed by atoms with E-state index in [1.165, 1.54) is 7.11 Å². The van der Waals surface area contributed by atoms with Gasteiger partial charge in [-0.05, 0) is 37.5 Å². The smallest absolute Gasteiger partial charge is 0.292 e. The molecule has 1 rings (SSSR count). The monoisotopic (exact) mass is 263 g/mol. The molecule has 0 aliphatic rings. The largest absolute Gasteiger partial charge is 0.496 e. The van der Waals surface area contributed by atoms with Crippen molar-refractivity contribution in [2.45, 2.75) is 39.7 Å². The Labute approximate surface area is 114 Å². The van der Waals surface area contributed by atoms with Gasteiger partial charge in [-0.3, -0.25) is 9.59 Å². The lowest BCUT2D eigenvalue weighted by Crippen LogP contribution is -2.36. The number of Topliss-reactive ketones (excluding diaryl/α,β-unsaturated/α-hetero) is 1. The molecule has 0 aromatic heterocycles. The van der Waals surface area contributed by atoms with Crippen molar-refractivity contribution in [2.75, 3.05) is 7.11 Å². The summed E-state index contributed by atoms with van der Waals surface area (Å²) >= 11 is 0. The molecular formula is C15H21NO3. The van der Waals surface area contributed by atoms with Gasteiger partial charge >= 0.3 is 0 Å². The highest BCUT2D eigenvalue weighted by molar-refractivity contribution is 6.43. The molecule has 0 heterocycles. The molecule has 19 heavy (non-hydrogen) atoms. The normalized spacial score (nSPS) is 10.7. The van der Waals surface area contributed by atoms with E-state index in [2.05, 4.69) is 5.32 Å². The predicted molar refractivity (Wildman–Crippen MR) is 74.7 cm³/mol. The Morgan fingerprint density at radius 3 is 2.26 bits per heavy atom. The highest BCUT2D eigenvalue weighted by Crippen LogP contribution is 2.24. The fraction of sp³-hybridized carbons (Fsp3) is 0.467. The summed E-state index contributed by atoms with van der Waals surface area (Å²) < 4.78 is 5.16. The first kappa shape index (κ1) is 15.2. The molecule has 0 atom stereocenters. The third kappa shape index (κ3) is 3.81. The van der Waals surface area contributed by atoms with Gasteiger partial charge in [0, 0.05) is 6.04 Å². The zero-order chi connectivity index (χ0) is 14.6. The number of hydrogen-bond acceptors (Lipinski definition) is 3. The van der Waals surface area contributed by atoms with Crippen LogP contribution in [0, 0.1) is 0 Å². The molecule has 0 fully saturated rings. The molecule has 1 amide bonds. The maximum absolute atomic E-state index is 12.1. The second-order valence-corrected chi connectivity index (χ2v) is 5.07. The number of nitrogens with one attached hydrogen (secondary N) is 1. The number of methoxy groups -OCH3 is 1. The number of hydrogen-bond donors (Lipinski definition) is 1. The van der Waals surface area contributed by atoms with Gasteiger partial charge in [-0.15, -0.1) is 0 Å². The molecule has 0 spiro atoms. The highest BCUT2D eigenvalue weighted by Gasteiger charge is 2.21. The summed E-state index contributed by atoms with van der Waals surface area (Å²) in [6.45, 7) is 7.69. The molecule has 0 aliphatic heterocycles. The predicted octanol–water partition coefficient (Wildman–Crippen LogP) is 2.53. The van der Waals surface area contributed by atoms with Crippen molar-refractivity contribution in [3.8, 4) is 5.75 Å². The SMILES string of the molecule is COc1ccc(C(C)C)cc1C(=O)C(=O)NC(C)C. The van der Waals surface area contributed by atoms with Crippen molar-refractivity contribution >= 4 is 11.7 Å². The van der Waals surface area contributed by atoms with Gasteiger partial charge in [0.05, 0.1) is 12.7 Å². The quantitative estimate of drug-likeness (QED) is 0.656. The van der Waals surface area contributed by atoms with E-state index in [4.69, 9.17) is 4.74 Å². The molecule has 1 N–H and O–H groups in total. The number of ether oxygens (including phenoxy) is 1. The van der Waals surface area contributed by atoms with E-state index >= 15 is 0 Å². The van der Waals surface area contributed by atoms with Crippen LogP contribution in [0.4, 0.5) is 0 Å². The molecular weight excluding hydrogens is 242 g/mol. The molecule has 104 valence electrons. The molecule has 1 aromatic rings. The summed E-state index contributed by atoms with van der Waals surface area (Å²) in [5, 5.41) is 2.60. The van der Waals surface area contributed by atoms with Crippen molar-refractivity contribution in [3.05, 3.63) is 29.3 Å². The van der Waals surface area contributed by atoms with Crippen molar-refractivity contribution in [3.63, 3.8) is 0 Å². The number of ketones is 1. The van der Waals surface area contributed by atoms with Crippen LogP contribution in [-0.4, -0.2) is 24.8 Å². The third-order valence-electron chi connectivity index (χ3n) is 2.76. The summed E-state index contributed by atoms with van der Waals surface area (Å²) in [6.07, 6.45) is 0. The van der Waals surface area contributed by atoms with Gasteiger partial charge in [0.25, 0.3) is 11.7 Å². The molecule has 0 saturated carbocycles. The van der Waals surface area contributed by atoms with Gasteiger partial charge < -0.3 is 10.1 Å². The molecule has 0 bridgehead atoms. The molecule has 0 radical (unpaired) electrons. The van der Waals surface area contributed by atoms with E-state index in [0.717, 1.165) is 5.56 Å². The summed E-state index contributed by atoms with van der Waals surface area (Å²) in [7, 11) is 1.49. The fourth-order valence-corrected chi connectivity index (χ4v) is 1.71. The van der Waals surface area contributed by atoms with E-state index < -0.39 is 11.7 Å². The molecule has 0 aliphatic carbocycles. The standard InChI is InChI=1S/C15H21NO3/c1-9(2)11-6-7-13(19-5)12(8-11)14(17)15(18)16-10(3)4/h6-10H,1-5H3,(H,16,18). The van der Waals surface area contributed by atoms with Crippen LogP contribution in [0.1, 0.15) is 49.5 Å². The minimum atomic E-state index is -0.603. The molecule has 0 unspecified atom stereocenters. The zero-order valence-electron chi connectivity index (χ0n) is 12.1. The number of amides is 1. The highest BCUT2D eigenvalue weighted by atomic mass is 16.5. The Morgan fingerprint density at radius 2 is 1.79 bits per heavy atom. The third-order valence-corrected chi connectivity index (χ3v) is 2.76. The van der Waals surface area contributed by atoms with Crippen molar-refractivity contribution < 1.29 is 14.3 Å². The molecule has 0 saturated heterocycles. The first-order valence-electron chi connectivity index (χ1n) is 6.40. The Hall–Kier alpha value is -1.84. The zero-order valence-corrected chi connectivity index (χ0v) is 12.1. The minimum Gasteiger partial charge on any atom is -0.496 e. The number of benzene rings is 1. The number of carbonyl (C=O) groups is 2. The van der Waals surface area contributed by atoms with Gasteiger partial charge in [-0.1, -0.05) is 19.9 Å². The van der Waals surface area contributed by atoms with Crippen LogP contribution in [-0.2, 0) is 4.79 Å². The van der Waals surface area contributed by atoms with Crippen LogP contribution in [0.2, 0.25) is 0 Å². The summed E-state index contributed by atoms with van der Waals surface area (Å²) in [6, 6.07) is 5.29. The van der Waals surface area contributed by atoms with Crippen LogP contribution >= 0.6 is 0 Å². The molecule has 4 heteroatoms. The van der Waals surface area contributed by atoms with Crippen molar-refractivity contribution in [1.82, 2.24) is 5.32 Å². The minimum absolute atomic E-state index is 0.0734. The first-order chi connectivity index (χ1) is 8.86. The average molecular weight is 263 g/mol. The first-order valence-corrected chi connectivity index (χ1v) is 6.40. The lowest BCUT2D eigenvalue weighted by molar-refractivity contribution is -0.117. The van der Waals surface area contributed by atoms with Gasteiger partial charge in [-0.25, -0.2) is 0 Å². The number of rotatable bonds is 5. The number of carbonyl (C=O) groups excluding carboxylic acids is 2.